The monoisotopic (exact) mass is 266 g/mol. The molecule has 0 aliphatic carbocycles. The van der Waals surface area contributed by atoms with Crippen LogP contribution in [-0.4, -0.2) is 31.0 Å². The highest BCUT2D eigenvalue weighted by Crippen LogP contribution is 2.33. The first kappa shape index (κ1) is 14.7. The lowest BCUT2D eigenvalue weighted by molar-refractivity contribution is -0.383. The van der Waals surface area contributed by atoms with E-state index in [0.717, 1.165) is 6.42 Å². The van der Waals surface area contributed by atoms with Gasteiger partial charge in [-0.3, -0.25) is 14.9 Å². The average Bonchev–Trinajstić information content (AvgIpc) is 2.37. The third-order valence-corrected chi connectivity index (χ3v) is 2.68. The minimum absolute atomic E-state index is 0.0641. The molecule has 7 heteroatoms. The predicted octanol–water partition coefficient (Wildman–Crippen LogP) is 1.14. The number of benzene rings is 1. The molecule has 0 atom stereocenters. The van der Waals surface area contributed by atoms with Crippen molar-refractivity contribution in [3.8, 4) is 0 Å². The Balaban J connectivity index is 3.18. The topological polar surface area (TPSA) is 102 Å². The van der Waals surface area contributed by atoms with Crippen molar-refractivity contribution in [2.75, 3.05) is 30.8 Å². The predicted molar refractivity (Wildman–Crippen MR) is 74.1 cm³/mol. The fourth-order valence-corrected chi connectivity index (χ4v) is 1.81. The van der Waals surface area contributed by atoms with Crippen LogP contribution in [0.1, 0.15) is 13.3 Å². The summed E-state index contributed by atoms with van der Waals surface area (Å²) in [5, 5.41) is 13.6. The van der Waals surface area contributed by atoms with Gasteiger partial charge in [0, 0.05) is 13.6 Å². The molecule has 0 heterocycles. The number of rotatable bonds is 6. The van der Waals surface area contributed by atoms with E-state index in [2.05, 4.69) is 5.32 Å². The fraction of sp³-hybridized carbons (Fsp3) is 0.417. The molecule has 1 amide bonds. The van der Waals surface area contributed by atoms with Crippen LogP contribution in [0.3, 0.4) is 0 Å². The van der Waals surface area contributed by atoms with Crippen molar-refractivity contribution in [2.24, 2.45) is 0 Å². The lowest BCUT2D eigenvalue weighted by Crippen LogP contribution is -2.36. The summed E-state index contributed by atoms with van der Waals surface area (Å²) in [6.45, 7) is 2.54. The Kier molecular flexibility index (Phi) is 5.11. The van der Waals surface area contributed by atoms with E-state index in [0.29, 0.717) is 12.2 Å². The molecule has 0 saturated carbocycles. The summed E-state index contributed by atoms with van der Waals surface area (Å²) in [5.41, 5.74) is 5.97. The molecule has 3 N–H and O–H groups in total. The van der Waals surface area contributed by atoms with E-state index in [9.17, 15) is 14.9 Å². The second kappa shape index (κ2) is 6.58. The Morgan fingerprint density at radius 3 is 2.74 bits per heavy atom. The van der Waals surface area contributed by atoms with Gasteiger partial charge < -0.3 is 16.0 Å². The first-order valence-electron chi connectivity index (χ1n) is 5.99. The molecule has 0 radical (unpaired) electrons. The maximum Gasteiger partial charge on any atom is 0.315 e. The first-order chi connectivity index (χ1) is 9.01. The zero-order valence-electron chi connectivity index (χ0n) is 11.0. The van der Waals surface area contributed by atoms with Gasteiger partial charge in [0.2, 0.25) is 5.91 Å². The van der Waals surface area contributed by atoms with Gasteiger partial charge in [0.25, 0.3) is 0 Å². The minimum atomic E-state index is -0.517. The van der Waals surface area contributed by atoms with E-state index in [1.165, 1.54) is 13.1 Å². The summed E-state index contributed by atoms with van der Waals surface area (Å²) in [6, 6.07) is 4.73. The van der Waals surface area contributed by atoms with E-state index < -0.39 is 4.92 Å². The largest absolute Gasteiger partial charge is 0.393 e. The van der Waals surface area contributed by atoms with Crippen LogP contribution in [0.4, 0.5) is 17.1 Å². The Labute approximate surface area is 111 Å². The molecule has 1 rings (SSSR count). The molecule has 1 aromatic carbocycles. The van der Waals surface area contributed by atoms with Crippen molar-refractivity contribution < 1.29 is 9.72 Å². The molecule has 0 unspecified atom stereocenters. The van der Waals surface area contributed by atoms with Crippen molar-refractivity contribution >= 4 is 23.0 Å². The molecule has 0 aromatic heterocycles. The van der Waals surface area contributed by atoms with Gasteiger partial charge in [0.1, 0.15) is 11.4 Å². The molecular weight excluding hydrogens is 248 g/mol. The second-order valence-electron chi connectivity index (χ2n) is 4.07. The van der Waals surface area contributed by atoms with Gasteiger partial charge in [0.15, 0.2) is 0 Å². The number of para-hydroxylation sites is 1. The molecule has 7 nitrogen and oxygen atoms in total. The zero-order chi connectivity index (χ0) is 14.4. The summed E-state index contributed by atoms with van der Waals surface area (Å²) in [7, 11) is 1.53. The number of carbonyl (C=O) groups is 1. The SMILES string of the molecule is CCCN(CC(=O)NC)c1cccc(N)c1[N+](=O)[O-]. The van der Waals surface area contributed by atoms with E-state index in [1.54, 1.807) is 17.0 Å². The number of nitro benzene ring substituents is 1. The van der Waals surface area contributed by atoms with Gasteiger partial charge in [-0.05, 0) is 18.6 Å². The number of nitrogens with zero attached hydrogens (tertiary/aromatic N) is 2. The van der Waals surface area contributed by atoms with Crippen LogP contribution in [0.15, 0.2) is 18.2 Å². The second-order valence-corrected chi connectivity index (χ2v) is 4.07. The van der Waals surface area contributed by atoms with Gasteiger partial charge in [-0.2, -0.15) is 0 Å². The number of likely N-dealkylation sites (N-methyl/N-ethyl adjacent to an activating group) is 1. The molecule has 0 spiro atoms. The number of nitro groups is 1. The van der Waals surface area contributed by atoms with Gasteiger partial charge in [-0.25, -0.2) is 0 Å². The third kappa shape index (κ3) is 3.57. The quantitative estimate of drug-likeness (QED) is 0.456. The van der Waals surface area contributed by atoms with Gasteiger partial charge in [0.05, 0.1) is 11.5 Å². The molecule has 0 aliphatic heterocycles. The van der Waals surface area contributed by atoms with Crippen molar-refractivity contribution in [2.45, 2.75) is 13.3 Å². The molecule has 19 heavy (non-hydrogen) atoms. The van der Waals surface area contributed by atoms with Crippen LogP contribution in [0.2, 0.25) is 0 Å². The standard InChI is InChI=1S/C12H18N4O3/c1-3-7-15(8-11(17)14-2)10-6-4-5-9(13)12(10)16(18)19/h4-6H,3,7-8,13H2,1-2H3,(H,14,17). The van der Waals surface area contributed by atoms with Crippen LogP contribution < -0.4 is 16.0 Å². The van der Waals surface area contributed by atoms with Crippen molar-refractivity contribution in [1.82, 2.24) is 5.32 Å². The van der Waals surface area contributed by atoms with E-state index >= 15 is 0 Å². The van der Waals surface area contributed by atoms with Crippen molar-refractivity contribution in [3.63, 3.8) is 0 Å². The van der Waals surface area contributed by atoms with E-state index in [1.807, 2.05) is 6.92 Å². The van der Waals surface area contributed by atoms with Crippen molar-refractivity contribution in [1.29, 1.82) is 0 Å². The fourth-order valence-electron chi connectivity index (χ4n) is 1.81. The Hall–Kier alpha value is -2.31. The zero-order valence-corrected chi connectivity index (χ0v) is 11.0. The Bertz CT molecular complexity index is 476. The summed E-state index contributed by atoms with van der Waals surface area (Å²) in [5.74, 6) is -0.204. The van der Waals surface area contributed by atoms with Gasteiger partial charge in [-0.15, -0.1) is 0 Å². The lowest BCUT2D eigenvalue weighted by Gasteiger charge is -2.23. The summed E-state index contributed by atoms with van der Waals surface area (Å²) >= 11 is 0. The molecule has 1 aromatic rings. The number of anilines is 2. The third-order valence-electron chi connectivity index (χ3n) is 2.68. The van der Waals surface area contributed by atoms with Crippen LogP contribution in [0.25, 0.3) is 0 Å². The Morgan fingerprint density at radius 2 is 2.21 bits per heavy atom. The average molecular weight is 266 g/mol. The maximum atomic E-state index is 11.5. The van der Waals surface area contributed by atoms with Crippen LogP contribution >= 0.6 is 0 Å². The first-order valence-corrected chi connectivity index (χ1v) is 5.99. The molecule has 0 aliphatic rings. The number of nitrogens with one attached hydrogen (secondary N) is 1. The lowest BCUT2D eigenvalue weighted by atomic mass is 10.2. The van der Waals surface area contributed by atoms with Crippen molar-refractivity contribution in [3.05, 3.63) is 28.3 Å². The molecular formula is C12H18N4O3. The highest BCUT2D eigenvalue weighted by Gasteiger charge is 2.23. The number of hydrogen-bond acceptors (Lipinski definition) is 5. The molecule has 0 bridgehead atoms. The Morgan fingerprint density at radius 1 is 1.53 bits per heavy atom. The number of nitrogen functional groups attached to an aromatic ring is 1. The maximum absolute atomic E-state index is 11.5. The summed E-state index contributed by atoms with van der Waals surface area (Å²) in [4.78, 5) is 23.7. The van der Waals surface area contributed by atoms with E-state index in [4.69, 9.17) is 5.73 Å². The van der Waals surface area contributed by atoms with Crippen LogP contribution in [0.5, 0.6) is 0 Å². The molecule has 104 valence electrons. The highest BCUT2D eigenvalue weighted by molar-refractivity contribution is 5.84. The van der Waals surface area contributed by atoms with Gasteiger partial charge >= 0.3 is 5.69 Å². The minimum Gasteiger partial charge on any atom is -0.393 e. The van der Waals surface area contributed by atoms with E-state index in [-0.39, 0.29) is 23.8 Å². The molecule has 0 saturated heterocycles. The summed E-state index contributed by atoms with van der Waals surface area (Å²) < 4.78 is 0. The normalized spacial score (nSPS) is 10.0. The summed E-state index contributed by atoms with van der Waals surface area (Å²) in [6.07, 6.45) is 0.767. The highest BCUT2D eigenvalue weighted by atomic mass is 16.6. The van der Waals surface area contributed by atoms with Gasteiger partial charge in [-0.1, -0.05) is 13.0 Å². The number of hydrogen-bond donors (Lipinski definition) is 2. The van der Waals surface area contributed by atoms with Crippen LogP contribution in [0, 0.1) is 10.1 Å². The number of carbonyl (C=O) groups excluding carboxylic acids is 1. The van der Waals surface area contributed by atoms with Crippen LogP contribution in [-0.2, 0) is 4.79 Å². The smallest absolute Gasteiger partial charge is 0.315 e. The number of nitrogens with two attached hydrogens (primary N) is 1. The number of amides is 1. The molecule has 0 fully saturated rings.